The van der Waals surface area contributed by atoms with Crippen molar-refractivity contribution in [1.82, 2.24) is 9.78 Å². The number of hydrogen-bond acceptors (Lipinski definition) is 2. The first-order valence-corrected chi connectivity index (χ1v) is 12.6. The van der Waals surface area contributed by atoms with Crippen molar-refractivity contribution in [2.75, 3.05) is 0 Å². The minimum absolute atomic E-state index is 0.198. The number of benzene rings is 2. The van der Waals surface area contributed by atoms with Gasteiger partial charge in [0, 0.05) is 17.1 Å². The van der Waals surface area contributed by atoms with Crippen molar-refractivity contribution in [3.63, 3.8) is 0 Å². The quantitative estimate of drug-likeness (QED) is 0.224. The average Bonchev–Trinajstić information content (AvgIpc) is 3.19. The van der Waals surface area contributed by atoms with Crippen LogP contribution in [0.3, 0.4) is 0 Å². The van der Waals surface area contributed by atoms with Crippen LogP contribution in [0.15, 0.2) is 60.8 Å². The fraction of sp³-hybridized carbons (Fsp3) is 0.360. The van der Waals surface area contributed by atoms with Gasteiger partial charge in [0.25, 0.3) is 0 Å². The topological polar surface area (TPSA) is 38.0 Å². The van der Waals surface area contributed by atoms with E-state index in [1.54, 1.807) is 10.9 Å². The number of nitrogens with zero attached hydrogens (tertiary/aromatic N) is 2. The SMILES string of the molecule is CC1[CH-]CC(C(C)C)CC1.O/C(=C\n1cc2ccccc2n1)c1ccccc1.[Cl][Ru+]. The summed E-state index contributed by atoms with van der Waals surface area (Å²) in [6, 6.07) is 17.3. The Morgan fingerprint density at radius 3 is 2.40 bits per heavy atom. The normalized spacial score (nSPS) is 18.9. The second-order valence-corrected chi connectivity index (χ2v) is 8.08. The van der Waals surface area contributed by atoms with E-state index in [2.05, 4.69) is 42.0 Å². The zero-order valence-corrected chi connectivity index (χ0v) is 20.3. The van der Waals surface area contributed by atoms with E-state index in [-0.39, 0.29) is 5.76 Å². The fourth-order valence-electron chi connectivity index (χ4n) is 3.58. The van der Waals surface area contributed by atoms with Crippen LogP contribution in [0.25, 0.3) is 22.9 Å². The number of aromatic nitrogens is 2. The molecule has 1 heterocycles. The van der Waals surface area contributed by atoms with Gasteiger partial charge in [-0.1, -0.05) is 88.1 Å². The van der Waals surface area contributed by atoms with Crippen molar-refractivity contribution >= 4 is 32.6 Å². The van der Waals surface area contributed by atoms with E-state index < -0.39 is 0 Å². The summed E-state index contributed by atoms with van der Waals surface area (Å²) in [6.07, 6.45) is 10.2. The van der Waals surface area contributed by atoms with Crippen LogP contribution in [0.5, 0.6) is 0 Å². The molecule has 1 aliphatic rings. The Labute approximate surface area is 194 Å². The Morgan fingerprint density at radius 1 is 1.13 bits per heavy atom. The van der Waals surface area contributed by atoms with Crippen LogP contribution in [-0.4, -0.2) is 14.9 Å². The third-order valence-electron chi connectivity index (χ3n) is 5.53. The second kappa shape index (κ2) is 12.9. The van der Waals surface area contributed by atoms with E-state index in [4.69, 9.17) is 0 Å². The third-order valence-corrected chi connectivity index (χ3v) is 5.53. The fourth-order valence-corrected chi connectivity index (χ4v) is 3.58. The summed E-state index contributed by atoms with van der Waals surface area (Å²) in [4.78, 5) is 0. The summed E-state index contributed by atoms with van der Waals surface area (Å²) in [5.74, 6) is 2.96. The van der Waals surface area contributed by atoms with Crippen LogP contribution in [0.4, 0.5) is 0 Å². The molecule has 3 nitrogen and oxygen atoms in total. The number of halogens is 1. The Hall–Kier alpha value is -1.64. The van der Waals surface area contributed by atoms with E-state index in [1.807, 2.05) is 78.1 Å². The predicted molar refractivity (Wildman–Crippen MR) is 124 cm³/mol. The number of rotatable bonds is 3. The summed E-state index contributed by atoms with van der Waals surface area (Å²) in [5, 5.41) is 15.4. The van der Waals surface area contributed by atoms with Crippen molar-refractivity contribution in [1.29, 1.82) is 0 Å². The molecule has 0 radical (unpaired) electrons. The maximum absolute atomic E-state index is 10.00. The van der Waals surface area contributed by atoms with Crippen LogP contribution < -0.4 is 0 Å². The molecule has 30 heavy (non-hydrogen) atoms. The zero-order chi connectivity index (χ0) is 21.9. The van der Waals surface area contributed by atoms with Crippen LogP contribution >= 0.6 is 9.69 Å². The molecule has 0 spiro atoms. The van der Waals surface area contributed by atoms with Crippen molar-refractivity contribution in [2.45, 2.75) is 40.0 Å². The summed E-state index contributed by atoms with van der Waals surface area (Å²) in [5.41, 5.74) is 1.69. The zero-order valence-electron chi connectivity index (χ0n) is 17.9. The van der Waals surface area contributed by atoms with E-state index >= 15 is 0 Å². The molecule has 3 aromatic rings. The first kappa shape index (κ1) is 24.6. The standard InChI is InChI=1S/C15H12N2O.C10H19.ClH.Ru/c18-15(12-6-2-1-3-7-12)11-17-10-13-8-4-5-9-14(13)16-17;1-8(2)10-6-4-9(3)5-7-10;;/h1-11,18H;4,8-10H,5-7H2,1-3H3;1H;/q;-1;;+2/p-1/b15-11-;;;. The van der Waals surface area contributed by atoms with E-state index in [1.165, 1.54) is 19.3 Å². The molecule has 0 saturated heterocycles. The summed E-state index contributed by atoms with van der Waals surface area (Å²) in [7, 11) is 4.57. The van der Waals surface area contributed by atoms with E-state index in [9.17, 15) is 5.11 Å². The van der Waals surface area contributed by atoms with Crippen molar-refractivity contribution < 1.29 is 22.4 Å². The van der Waals surface area contributed by atoms with Crippen molar-refractivity contribution in [3.05, 3.63) is 72.8 Å². The second-order valence-electron chi connectivity index (χ2n) is 8.08. The molecule has 5 heteroatoms. The Bertz CT molecular complexity index is 867. The van der Waals surface area contributed by atoms with Gasteiger partial charge in [-0.3, -0.25) is 0 Å². The van der Waals surface area contributed by atoms with Crippen LogP contribution in [0.1, 0.15) is 45.6 Å². The Kier molecular flexibility index (Phi) is 10.6. The van der Waals surface area contributed by atoms with Crippen molar-refractivity contribution in [3.8, 4) is 0 Å². The third kappa shape index (κ3) is 7.56. The molecule has 1 fully saturated rings. The molecule has 2 atom stereocenters. The molecule has 0 bridgehead atoms. The van der Waals surface area contributed by atoms with Crippen LogP contribution in [0.2, 0.25) is 0 Å². The van der Waals surface area contributed by atoms with E-state index in [0.717, 1.165) is 34.2 Å². The molecule has 1 aromatic heterocycles. The molecule has 0 amide bonds. The first-order chi connectivity index (χ1) is 14.5. The monoisotopic (exact) mass is 512 g/mol. The molecule has 2 aromatic carbocycles. The number of aliphatic hydroxyl groups excluding tert-OH is 1. The molecular formula is C25H31ClN2ORu. The van der Waals surface area contributed by atoms with Gasteiger partial charge in [-0.15, -0.1) is 0 Å². The van der Waals surface area contributed by atoms with Gasteiger partial charge >= 0.3 is 27.0 Å². The van der Waals surface area contributed by atoms with Gasteiger partial charge in [0.15, 0.2) is 0 Å². The number of aliphatic hydroxyl groups is 1. The predicted octanol–water partition coefficient (Wildman–Crippen LogP) is 7.52. The molecular weight excluding hydrogens is 481 g/mol. The van der Waals surface area contributed by atoms with Crippen molar-refractivity contribution in [2.24, 2.45) is 17.8 Å². The minimum atomic E-state index is 0.198. The maximum atomic E-state index is 10.00. The molecule has 1 saturated carbocycles. The van der Waals surface area contributed by atoms with Gasteiger partial charge in [0.2, 0.25) is 0 Å². The number of hydrogen-bond donors (Lipinski definition) is 1. The molecule has 0 aliphatic heterocycles. The van der Waals surface area contributed by atoms with E-state index in [0.29, 0.717) is 0 Å². The van der Waals surface area contributed by atoms with Gasteiger partial charge in [0.1, 0.15) is 5.76 Å². The van der Waals surface area contributed by atoms with Crippen LogP contribution in [0, 0.1) is 24.2 Å². The van der Waals surface area contributed by atoms with Gasteiger partial charge in [-0.25, -0.2) is 4.68 Å². The Morgan fingerprint density at radius 2 is 1.80 bits per heavy atom. The molecule has 162 valence electrons. The summed E-state index contributed by atoms with van der Waals surface area (Å²) in [6.45, 7) is 7.01. The number of fused-ring (bicyclic) bond motifs is 1. The molecule has 1 N–H and O–H groups in total. The molecule has 4 rings (SSSR count). The Balaban J connectivity index is 0.000000228. The van der Waals surface area contributed by atoms with Gasteiger partial charge in [0.05, 0.1) is 11.7 Å². The van der Waals surface area contributed by atoms with Gasteiger partial charge < -0.3 is 11.5 Å². The first-order valence-electron chi connectivity index (χ1n) is 10.4. The average molecular weight is 512 g/mol. The molecule has 2 unspecified atom stereocenters. The summed E-state index contributed by atoms with van der Waals surface area (Å²) < 4.78 is 1.63. The van der Waals surface area contributed by atoms with Gasteiger partial charge in [-0.05, 0) is 12.0 Å². The van der Waals surface area contributed by atoms with Crippen LogP contribution in [-0.2, 0) is 17.3 Å². The van der Waals surface area contributed by atoms with Gasteiger partial charge in [-0.2, -0.15) is 17.4 Å². The summed E-state index contributed by atoms with van der Waals surface area (Å²) >= 11 is 1.82. The molecule has 1 aliphatic carbocycles.